The lowest BCUT2D eigenvalue weighted by molar-refractivity contribution is 0.426. The highest BCUT2D eigenvalue weighted by Crippen LogP contribution is 2.62. The number of aromatic nitrogens is 2. The summed E-state index contributed by atoms with van der Waals surface area (Å²) in [4.78, 5) is 17.1. The molecule has 2 aliphatic rings. The van der Waals surface area contributed by atoms with Crippen molar-refractivity contribution in [3.8, 4) is 0 Å². The Balaban J connectivity index is 1.68. The molecule has 3 N–H and O–H groups in total. The van der Waals surface area contributed by atoms with E-state index in [1.807, 2.05) is 6.07 Å². The molecule has 3 atom stereocenters. The molecule has 0 aliphatic heterocycles. The van der Waals surface area contributed by atoms with E-state index in [0.717, 1.165) is 35.3 Å². The minimum atomic E-state index is -0.125. The van der Waals surface area contributed by atoms with E-state index < -0.39 is 0 Å². The zero-order valence-corrected chi connectivity index (χ0v) is 11.8. The van der Waals surface area contributed by atoms with Gasteiger partial charge in [-0.3, -0.25) is 0 Å². The van der Waals surface area contributed by atoms with Crippen LogP contribution in [-0.2, 0) is 0 Å². The molecule has 0 saturated heterocycles. The Morgan fingerprint density at radius 2 is 2.00 bits per heavy atom. The average Bonchev–Trinajstić information content (AvgIpc) is 2.79. The second-order valence-corrected chi connectivity index (χ2v) is 6.26. The van der Waals surface area contributed by atoms with E-state index in [1.54, 1.807) is 0 Å². The third-order valence-corrected chi connectivity index (χ3v) is 5.18. The van der Waals surface area contributed by atoms with Gasteiger partial charge in [0.25, 0.3) is 0 Å². The summed E-state index contributed by atoms with van der Waals surface area (Å²) in [7, 11) is 0. The van der Waals surface area contributed by atoms with Gasteiger partial charge >= 0.3 is 5.69 Å². The van der Waals surface area contributed by atoms with E-state index in [-0.39, 0.29) is 5.69 Å². The van der Waals surface area contributed by atoms with E-state index in [2.05, 4.69) is 34.3 Å². The molecule has 3 unspecified atom stereocenters. The number of hydrogen-bond acceptors (Lipinski definition) is 2. The van der Waals surface area contributed by atoms with Crippen molar-refractivity contribution in [2.75, 3.05) is 6.54 Å². The molecule has 20 heavy (non-hydrogen) atoms. The molecule has 2 aromatic rings. The van der Waals surface area contributed by atoms with Crippen LogP contribution in [0.5, 0.6) is 0 Å². The zero-order valence-electron chi connectivity index (χ0n) is 11.8. The molecule has 0 radical (unpaired) electrons. The molecular weight excluding hydrogens is 250 g/mol. The Morgan fingerprint density at radius 3 is 2.75 bits per heavy atom. The Labute approximate surface area is 118 Å². The van der Waals surface area contributed by atoms with Gasteiger partial charge in [-0.05, 0) is 54.8 Å². The second-order valence-electron chi connectivity index (χ2n) is 6.26. The van der Waals surface area contributed by atoms with Crippen LogP contribution in [-0.4, -0.2) is 16.5 Å². The molecule has 4 heteroatoms. The molecule has 2 aliphatic carbocycles. The maximum atomic E-state index is 11.4. The number of aromatic amines is 2. The van der Waals surface area contributed by atoms with Gasteiger partial charge in [0.2, 0.25) is 0 Å². The summed E-state index contributed by atoms with van der Waals surface area (Å²) in [5.41, 5.74) is 3.00. The van der Waals surface area contributed by atoms with Gasteiger partial charge in [-0.15, -0.1) is 0 Å². The Kier molecular flexibility index (Phi) is 2.74. The summed E-state index contributed by atoms with van der Waals surface area (Å²) in [6, 6.07) is 6.76. The SMILES string of the molecule is CCNC(c1ccc2[nH]c(=O)[nH]c2c1)C1C2CCCC21. The average molecular weight is 271 g/mol. The quantitative estimate of drug-likeness (QED) is 0.800. The predicted molar refractivity (Wildman–Crippen MR) is 79.7 cm³/mol. The van der Waals surface area contributed by atoms with E-state index in [4.69, 9.17) is 0 Å². The molecule has 4 rings (SSSR count). The summed E-state index contributed by atoms with van der Waals surface area (Å²) in [5, 5.41) is 3.66. The fraction of sp³-hybridized carbons (Fsp3) is 0.562. The summed E-state index contributed by atoms with van der Waals surface area (Å²) >= 11 is 0. The summed E-state index contributed by atoms with van der Waals surface area (Å²) in [6.07, 6.45) is 4.22. The molecule has 106 valence electrons. The van der Waals surface area contributed by atoms with Crippen LogP contribution >= 0.6 is 0 Å². The van der Waals surface area contributed by atoms with Crippen molar-refractivity contribution in [3.05, 3.63) is 34.2 Å². The smallest absolute Gasteiger partial charge is 0.310 e. The molecule has 0 amide bonds. The number of benzene rings is 1. The lowest BCUT2D eigenvalue weighted by Gasteiger charge is -2.20. The summed E-state index contributed by atoms with van der Waals surface area (Å²) < 4.78 is 0. The van der Waals surface area contributed by atoms with E-state index in [0.29, 0.717) is 6.04 Å². The van der Waals surface area contributed by atoms with Gasteiger partial charge < -0.3 is 15.3 Å². The van der Waals surface area contributed by atoms with Gasteiger partial charge in [-0.2, -0.15) is 0 Å². The number of H-pyrrole nitrogens is 2. The number of nitrogens with one attached hydrogen (secondary N) is 3. The predicted octanol–water partition coefficient (Wildman–Crippen LogP) is 2.55. The minimum Gasteiger partial charge on any atom is -0.310 e. The van der Waals surface area contributed by atoms with E-state index in [9.17, 15) is 4.79 Å². The first kappa shape index (κ1) is 12.2. The number of hydrogen-bond donors (Lipinski definition) is 3. The van der Waals surface area contributed by atoms with Crippen LogP contribution in [0, 0.1) is 17.8 Å². The third kappa shape index (κ3) is 1.82. The van der Waals surface area contributed by atoms with E-state index in [1.165, 1.54) is 24.8 Å². The molecule has 0 spiro atoms. The van der Waals surface area contributed by atoms with Gasteiger partial charge in [0.15, 0.2) is 0 Å². The molecule has 1 heterocycles. The Morgan fingerprint density at radius 1 is 1.25 bits per heavy atom. The lowest BCUT2D eigenvalue weighted by Crippen LogP contribution is -2.24. The van der Waals surface area contributed by atoms with Gasteiger partial charge in [0, 0.05) is 6.04 Å². The minimum absolute atomic E-state index is 0.125. The van der Waals surface area contributed by atoms with Crippen LogP contribution in [0.3, 0.4) is 0 Å². The largest absolute Gasteiger partial charge is 0.323 e. The maximum Gasteiger partial charge on any atom is 0.323 e. The summed E-state index contributed by atoms with van der Waals surface area (Å²) in [6.45, 7) is 3.16. The van der Waals surface area contributed by atoms with Crippen LogP contribution in [0.15, 0.2) is 23.0 Å². The van der Waals surface area contributed by atoms with Crippen molar-refractivity contribution in [2.45, 2.75) is 32.2 Å². The maximum absolute atomic E-state index is 11.4. The first-order valence-corrected chi connectivity index (χ1v) is 7.73. The fourth-order valence-electron chi connectivity index (χ4n) is 4.31. The summed E-state index contributed by atoms with van der Waals surface area (Å²) in [5.74, 6) is 2.66. The highest BCUT2D eigenvalue weighted by Gasteiger charge is 2.55. The first-order valence-electron chi connectivity index (χ1n) is 7.73. The van der Waals surface area contributed by atoms with Crippen molar-refractivity contribution in [3.63, 3.8) is 0 Å². The lowest BCUT2D eigenvalue weighted by atomic mass is 9.96. The van der Waals surface area contributed by atoms with Gasteiger partial charge in [-0.25, -0.2) is 4.79 Å². The molecule has 1 aromatic carbocycles. The monoisotopic (exact) mass is 271 g/mol. The van der Waals surface area contributed by atoms with Crippen molar-refractivity contribution in [1.82, 2.24) is 15.3 Å². The molecule has 4 nitrogen and oxygen atoms in total. The number of fused-ring (bicyclic) bond motifs is 2. The Hall–Kier alpha value is -1.55. The highest BCUT2D eigenvalue weighted by molar-refractivity contribution is 5.75. The molecule has 2 fully saturated rings. The van der Waals surface area contributed by atoms with Crippen molar-refractivity contribution in [1.29, 1.82) is 0 Å². The van der Waals surface area contributed by atoms with Crippen molar-refractivity contribution < 1.29 is 0 Å². The van der Waals surface area contributed by atoms with Gasteiger partial charge in [-0.1, -0.05) is 19.4 Å². The van der Waals surface area contributed by atoms with Crippen molar-refractivity contribution in [2.24, 2.45) is 17.8 Å². The van der Waals surface area contributed by atoms with Crippen LogP contribution in [0.2, 0.25) is 0 Å². The van der Waals surface area contributed by atoms with Crippen LogP contribution < -0.4 is 11.0 Å². The standard InChI is InChI=1S/C16H21N3O/c1-2-17-15(14-10-4-3-5-11(10)14)9-6-7-12-13(8-9)19-16(20)18-12/h6-8,10-11,14-15,17H,2-5H2,1H3,(H2,18,19,20). The fourth-order valence-corrected chi connectivity index (χ4v) is 4.31. The van der Waals surface area contributed by atoms with Crippen LogP contribution in [0.4, 0.5) is 0 Å². The topological polar surface area (TPSA) is 60.7 Å². The second kappa shape index (κ2) is 4.48. The molecular formula is C16H21N3O. The number of imidazole rings is 1. The van der Waals surface area contributed by atoms with E-state index >= 15 is 0 Å². The molecule has 0 bridgehead atoms. The highest BCUT2D eigenvalue weighted by atomic mass is 16.1. The number of rotatable bonds is 4. The Bertz CT molecular complexity index is 676. The third-order valence-electron chi connectivity index (χ3n) is 5.18. The van der Waals surface area contributed by atoms with Crippen LogP contribution in [0.25, 0.3) is 11.0 Å². The van der Waals surface area contributed by atoms with Crippen LogP contribution in [0.1, 0.15) is 37.8 Å². The zero-order chi connectivity index (χ0) is 13.7. The first-order chi connectivity index (χ1) is 9.78. The van der Waals surface area contributed by atoms with Crippen molar-refractivity contribution >= 4 is 11.0 Å². The van der Waals surface area contributed by atoms with Gasteiger partial charge in [0.1, 0.15) is 0 Å². The molecule has 1 aromatic heterocycles. The normalized spacial score (nSPS) is 29.6. The molecule has 2 saturated carbocycles. The van der Waals surface area contributed by atoms with Gasteiger partial charge in [0.05, 0.1) is 11.0 Å².